The quantitative estimate of drug-likeness (QED) is 0.433. The van der Waals surface area contributed by atoms with Gasteiger partial charge in [0.2, 0.25) is 5.91 Å². The summed E-state index contributed by atoms with van der Waals surface area (Å²) in [5.74, 6) is 0.0841. The molecule has 6 heteroatoms. The van der Waals surface area contributed by atoms with Crippen LogP contribution in [0.2, 0.25) is 0 Å². The van der Waals surface area contributed by atoms with Gasteiger partial charge in [-0.1, -0.05) is 0 Å². The number of nitrogens with one attached hydrogen (secondary N) is 1. The average Bonchev–Trinajstić information content (AvgIpc) is 2.46. The molecule has 0 fully saturated rings. The minimum atomic E-state index is -0.265. The third-order valence-corrected chi connectivity index (χ3v) is 3.61. The predicted octanol–water partition coefficient (Wildman–Crippen LogP) is 2.77. The smallest absolute Gasteiger partial charge is 0.305 e. The van der Waals surface area contributed by atoms with Gasteiger partial charge in [-0.25, -0.2) is 4.39 Å². The second-order valence-electron chi connectivity index (χ2n) is 4.31. The molecule has 1 rings (SSSR count). The number of rotatable bonds is 9. The van der Waals surface area contributed by atoms with Crippen LogP contribution in [0.3, 0.4) is 0 Å². The van der Waals surface area contributed by atoms with Crippen LogP contribution in [-0.2, 0) is 14.3 Å². The topological polar surface area (TPSA) is 55.4 Å². The zero-order chi connectivity index (χ0) is 15.5. The third-order valence-electron chi connectivity index (χ3n) is 2.60. The van der Waals surface area contributed by atoms with Gasteiger partial charge in [0, 0.05) is 30.0 Å². The van der Waals surface area contributed by atoms with Gasteiger partial charge in [-0.3, -0.25) is 9.59 Å². The average molecular weight is 313 g/mol. The van der Waals surface area contributed by atoms with Gasteiger partial charge in [-0.05, 0) is 37.6 Å². The van der Waals surface area contributed by atoms with Crippen molar-refractivity contribution in [2.24, 2.45) is 0 Å². The Morgan fingerprint density at radius 1 is 1.24 bits per heavy atom. The lowest BCUT2D eigenvalue weighted by molar-refractivity contribution is -0.143. The van der Waals surface area contributed by atoms with Crippen molar-refractivity contribution in [2.75, 3.05) is 18.9 Å². The fraction of sp³-hybridized carbons (Fsp3) is 0.467. The van der Waals surface area contributed by atoms with Crippen LogP contribution in [0.15, 0.2) is 29.2 Å². The van der Waals surface area contributed by atoms with Crippen molar-refractivity contribution in [3.8, 4) is 0 Å². The Bertz CT molecular complexity index is 451. The number of carbonyl (C=O) groups excluding carboxylic acids is 2. The molecule has 1 aromatic carbocycles. The van der Waals surface area contributed by atoms with Gasteiger partial charge in [0.25, 0.3) is 0 Å². The summed E-state index contributed by atoms with van der Waals surface area (Å²) < 4.78 is 17.5. The predicted molar refractivity (Wildman–Crippen MR) is 80.6 cm³/mol. The standard InChI is InChI=1S/C15H20FNO3S/c1-2-20-15(19)4-3-10-17-14(18)9-11-21-13-7-5-12(16)6-8-13/h5-8H,2-4,9-11H2,1H3,(H,17,18). The van der Waals surface area contributed by atoms with E-state index in [-0.39, 0.29) is 17.7 Å². The van der Waals surface area contributed by atoms with Crippen LogP contribution in [0.4, 0.5) is 4.39 Å². The number of hydrogen-bond donors (Lipinski definition) is 1. The van der Waals surface area contributed by atoms with Gasteiger partial charge < -0.3 is 10.1 Å². The van der Waals surface area contributed by atoms with E-state index < -0.39 is 0 Å². The molecule has 0 saturated heterocycles. The van der Waals surface area contributed by atoms with E-state index in [1.54, 1.807) is 19.1 Å². The summed E-state index contributed by atoms with van der Waals surface area (Å²) in [5, 5.41) is 2.76. The Morgan fingerprint density at radius 3 is 2.62 bits per heavy atom. The number of hydrogen-bond acceptors (Lipinski definition) is 4. The number of thioether (sulfide) groups is 1. The van der Waals surface area contributed by atoms with Crippen LogP contribution < -0.4 is 5.32 Å². The summed E-state index contributed by atoms with van der Waals surface area (Å²) in [6.07, 6.45) is 1.29. The highest BCUT2D eigenvalue weighted by atomic mass is 32.2. The van der Waals surface area contributed by atoms with Gasteiger partial charge >= 0.3 is 5.97 Å². The van der Waals surface area contributed by atoms with E-state index in [2.05, 4.69) is 5.32 Å². The summed E-state index contributed by atoms with van der Waals surface area (Å²) in [7, 11) is 0. The molecule has 0 aliphatic rings. The first kappa shape index (κ1) is 17.5. The number of halogens is 1. The van der Waals surface area contributed by atoms with Crippen molar-refractivity contribution in [1.82, 2.24) is 5.32 Å². The Morgan fingerprint density at radius 2 is 1.95 bits per heavy atom. The van der Waals surface area contributed by atoms with Crippen molar-refractivity contribution in [3.63, 3.8) is 0 Å². The Hall–Kier alpha value is -1.56. The maximum atomic E-state index is 12.7. The zero-order valence-electron chi connectivity index (χ0n) is 12.1. The Labute approximate surface area is 128 Å². The van der Waals surface area contributed by atoms with E-state index in [1.165, 1.54) is 23.9 Å². The molecule has 0 saturated carbocycles. The molecule has 0 aliphatic heterocycles. The zero-order valence-corrected chi connectivity index (χ0v) is 12.9. The first-order valence-electron chi connectivity index (χ1n) is 6.92. The van der Waals surface area contributed by atoms with Gasteiger partial charge in [0.05, 0.1) is 6.61 Å². The molecule has 1 aromatic rings. The van der Waals surface area contributed by atoms with Crippen molar-refractivity contribution >= 4 is 23.6 Å². The molecule has 0 aromatic heterocycles. The molecule has 0 radical (unpaired) electrons. The highest BCUT2D eigenvalue weighted by molar-refractivity contribution is 7.99. The molecule has 1 amide bonds. The summed E-state index contributed by atoms with van der Waals surface area (Å²) in [5.41, 5.74) is 0. The van der Waals surface area contributed by atoms with E-state index in [1.807, 2.05) is 0 Å². The number of benzene rings is 1. The molecule has 21 heavy (non-hydrogen) atoms. The van der Waals surface area contributed by atoms with Crippen LogP contribution in [0.25, 0.3) is 0 Å². The molecule has 4 nitrogen and oxygen atoms in total. The van der Waals surface area contributed by atoms with E-state index in [4.69, 9.17) is 4.74 Å². The summed E-state index contributed by atoms with van der Waals surface area (Å²) in [4.78, 5) is 23.6. The SMILES string of the molecule is CCOC(=O)CCCNC(=O)CCSc1ccc(F)cc1. The molecule has 1 N–H and O–H groups in total. The van der Waals surface area contributed by atoms with Gasteiger partial charge in [-0.15, -0.1) is 11.8 Å². The number of ether oxygens (including phenoxy) is 1. The molecule has 0 aliphatic carbocycles. The molecule has 116 valence electrons. The fourth-order valence-corrected chi connectivity index (χ4v) is 2.43. The molecular formula is C15H20FNO3S. The Kier molecular flexibility index (Phi) is 8.50. The lowest BCUT2D eigenvalue weighted by atomic mass is 10.3. The second kappa shape index (κ2) is 10.2. The van der Waals surface area contributed by atoms with Crippen LogP contribution >= 0.6 is 11.8 Å². The summed E-state index contributed by atoms with van der Waals surface area (Å²) in [6.45, 7) is 2.61. The Balaban J connectivity index is 2.06. The minimum Gasteiger partial charge on any atom is -0.466 e. The molecule has 0 unspecified atom stereocenters. The second-order valence-corrected chi connectivity index (χ2v) is 5.48. The molecule has 0 atom stereocenters. The summed E-state index contributed by atoms with van der Waals surface area (Å²) >= 11 is 1.51. The van der Waals surface area contributed by atoms with E-state index in [0.717, 1.165) is 4.90 Å². The van der Waals surface area contributed by atoms with Gasteiger partial charge in [0.1, 0.15) is 5.82 Å². The first-order valence-corrected chi connectivity index (χ1v) is 7.91. The number of esters is 1. The van der Waals surface area contributed by atoms with Crippen molar-refractivity contribution < 1.29 is 18.7 Å². The van der Waals surface area contributed by atoms with Crippen molar-refractivity contribution in [1.29, 1.82) is 0 Å². The van der Waals surface area contributed by atoms with Crippen LogP contribution in [0.5, 0.6) is 0 Å². The molecule has 0 bridgehead atoms. The monoisotopic (exact) mass is 313 g/mol. The third kappa shape index (κ3) is 8.34. The maximum Gasteiger partial charge on any atom is 0.305 e. The normalized spacial score (nSPS) is 10.2. The highest BCUT2D eigenvalue weighted by Crippen LogP contribution is 2.18. The maximum absolute atomic E-state index is 12.7. The molecule has 0 heterocycles. The lowest BCUT2D eigenvalue weighted by Gasteiger charge is -2.05. The summed E-state index contributed by atoms with van der Waals surface area (Å²) in [6, 6.07) is 6.18. The first-order chi connectivity index (χ1) is 10.1. The van der Waals surface area contributed by atoms with Crippen molar-refractivity contribution in [3.05, 3.63) is 30.1 Å². The molecular weight excluding hydrogens is 293 g/mol. The molecule has 0 spiro atoms. The van der Waals surface area contributed by atoms with E-state index in [0.29, 0.717) is 38.2 Å². The highest BCUT2D eigenvalue weighted by Gasteiger charge is 2.04. The van der Waals surface area contributed by atoms with E-state index in [9.17, 15) is 14.0 Å². The van der Waals surface area contributed by atoms with E-state index >= 15 is 0 Å². The van der Waals surface area contributed by atoms with Crippen LogP contribution in [0.1, 0.15) is 26.2 Å². The fourth-order valence-electron chi connectivity index (χ4n) is 1.57. The van der Waals surface area contributed by atoms with Crippen molar-refractivity contribution in [2.45, 2.75) is 31.1 Å². The number of carbonyl (C=O) groups is 2. The lowest BCUT2D eigenvalue weighted by Crippen LogP contribution is -2.25. The minimum absolute atomic E-state index is 0.0477. The van der Waals surface area contributed by atoms with Crippen LogP contribution in [0, 0.1) is 5.82 Å². The number of amides is 1. The van der Waals surface area contributed by atoms with Gasteiger partial charge in [0.15, 0.2) is 0 Å². The van der Waals surface area contributed by atoms with Gasteiger partial charge in [-0.2, -0.15) is 0 Å². The largest absolute Gasteiger partial charge is 0.466 e. The van der Waals surface area contributed by atoms with Crippen LogP contribution in [-0.4, -0.2) is 30.8 Å².